The van der Waals surface area contributed by atoms with E-state index in [2.05, 4.69) is 33.0 Å². The van der Waals surface area contributed by atoms with Crippen molar-refractivity contribution < 1.29 is 46.0 Å². The Labute approximate surface area is 379 Å². The maximum Gasteiger partial charge on any atom is 1.00 e. The molecular weight excluding hydrogens is 651 g/mol. The van der Waals surface area contributed by atoms with Crippen LogP contribution in [-0.4, -0.2) is 250 Å². The Morgan fingerprint density at radius 1 is 0.538 bits per heavy atom. The summed E-state index contributed by atoms with van der Waals surface area (Å²) in [5, 5.41) is 0. The van der Waals surface area contributed by atoms with Crippen LogP contribution in [-0.2, 0) is 8.23 Å². The molecule has 0 heterocycles. The predicted octanol–water partition coefficient (Wildman–Crippen LogP) is -12.6. The number of hydrogen-bond donors (Lipinski definition) is 0. The Hall–Kier alpha value is 3.93. The van der Waals surface area contributed by atoms with Gasteiger partial charge in [0.15, 0.2) is 33.3 Å². The van der Waals surface area contributed by atoms with Gasteiger partial charge in [-0.05, 0) is 98.1 Å². The fourth-order valence-corrected chi connectivity index (χ4v) is 27.8. The van der Waals surface area contributed by atoms with Crippen LogP contribution in [0.25, 0.3) is 0 Å². The van der Waals surface area contributed by atoms with Crippen LogP contribution in [0.15, 0.2) is 0 Å². The van der Waals surface area contributed by atoms with Gasteiger partial charge < -0.3 is 20.7 Å². The Balaban J connectivity index is -0.0000120. The van der Waals surface area contributed by atoms with E-state index in [0.29, 0.717) is 17.5 Å². The van der Waals surface area contributed by atoms with Gasteiger partial charge in [0.05, 0.1) is 7.17 Å². The van der Waals surface area contributed by atoms with E-state index in [-0.39, 0.29) is 37.7 Å². The van der Waals surface area contributed by atoms with Gasteiger partial charge in [0.1, 0.15) is 0 Å². The molecule has 0 saturated carbocycles. The van der Waals surface area contributed by atoms with Crippen LogP contribution in [0.4, 0.5) is 0 Å². The van der Waals surface area contributed by atoms with Gasteiger partial charge in [-0.2, -0.15) is 0 Å². The van der Waals surface area contributed by atoms with Crippen LogP contribution in [0.1, 0.15) is 0 Å². The molecule has 0 aromatic carbocycles. The van der Waals surface area contributed by atoms with Gasteiger partial charge in [-0.15, -0.1) is 36.1 Å². The van der Waals surface area contributed by atoms with Crippen molar-refractivity contribution in [2.24, 2.45) is 0 Å². The largest absolute Gasteiger partial charge is 1.00 e. The van der Waals surface area contributed by atoms with Crippen LogP contribution < -0.4 is 37.7 Å². The van der Waals surface area contributed by atoms with Crippen LogP contribution in [0.2, 0.25) is 73.7 Å². The second-order valence-electron chi connectivity index (χ2n) is 15.5. The summed E-state index contributed by atoms with van der Waals surface area (Å²) in [6, 6.07) is 0. The molecule has 52 heavy (non-hydrogen) atoms. The minimum atomic E-state index is -3.07. The van der Waals surface area contributed by atoms with E-state index in [1.165, 1.54) is 21.2 Å². The van der Waals surface area contributed by atoms with E-state index in [1.807, 2.05) is 40.5 Å². The van der Waals surface area contributed by atoms with Crippen molar-refractivity contribution in [1.82, 2.24) is 0 Å². The van der Waals surface area contributed by atoms with Gasteiger partial charge in [0.2, 0.25) is 0 Å². The molecular formula is C14H30B30Li2O2Si4. The first-order valence-electron chi connectivity index (χ1n) is 16.8. The average Bonchev–Trinajstić information content (AvgIpc) is 2.97. The van der Waals surface area contributed by atoms with Crippen molar-refractivity contribution in [3.63, 3.8) is 0 Å². The third-order valence-electron chi connectivity index (χ3n) is 10.2. The summed E-state index contributed by atoms with van der Waals surface area (Å²) in [7, 11) is 93.5. The summed E-state index contributed by atoms with van der Waals surface area (Å²) >= 11 is 0. The Morgan fingerprint density at radius 3 is 1.17 bits per heavy atom. The third-order valence-corrected chi connectivity index (χ3v) is 27.3. The van der Waals surface area contributed by atoms with E-state index in [9.17, 15) is 0 Å². The van der Waals surface area contributed by atoms with E-state index >= 15 is 0 Å². The predicted molar refractivity (Wildman–Crippen MR) is 268 cm³/mol. The molecule has 38 heteroatoms. The molecule has 0 rings (SSSR count). The Morgan fingerprint density at radius 2 is 0.885 bits per heavy atom. The number of rotatable bonds is 25. The first-order chi connectivity index (χ1) is 22.6. The molecule has 2 unspecified atom stereocenters. The molecule has 0 aliphatic heterocycles. The summed E-state index contributed by atoms with van der Waals surface area (Å²) in [6.45, 7) is 13.0. The zero-order valence-corrected chi connectivity index (χ0v) is 37.8. The summed E-state index contributed by atoms with van der Waals surface area (Å²) in [6.07, 6.45) is 0. The Bertz CT molecular complexity index is 1000. The van der Waals surface area contributed by atoms with Crippen LogP contribution in [0, 0.1) is 12.4 Å². The first-order valence-corrected chi connectivity index (χ1v) is 28.9. The molecule has 0 saturated heterocycles. The van der Waals surface area contributed by atoms with Crippen LogP contribution >= 0.6 is 0 Å². The zero-order chi connectivity index (χ0) is 39.8. The molecule has 36 radical (unpaired) electrons. The van der Waals surface area contributed by atoms with Gasteiger partial charge in [-0.1, -0.05) is 11.9 Å². The van der Waals surface area contributed by atoms with E-state index in [0.717, 1.165) is 0 Å². The third kappa shape index (κ3) is 14.5. The maximum atomic E-state index is 7.10. The van der Waals surface area contributed by atoms with Crippen molar-refractivity contribution in [3.05, 3.63) is 12.4 Å². The summed E-state index contributed by atoms with van der Waals surface area (Å²) in [4.78, 5) is 0. The molecule has 0 N–H and O–H groups in total. The minimum absolute atomic E-state index is 0. The molecule has 0 aliphatic carbocycles. The average molecular weight is 681 g/mol. The topological polar surface area (TPSA) is 18.5 Å². The molecule has 0 aromatic heterocycles. The molecule has 0 bridgehead atoms. The molecule has 0 fully saturated rings. The fraction of sp³-hybridized carbons (Fsp3) is 0.857. The standard InChI is InChI=1S/C14H30B30O2Si4.2Li/c1-30-41(26)13(39(22)23,43(28)34-16)49(6,7)46-48(4,5)11-32-42(27)14(40(24)25,44(29)35-17)50(8,9)45-47(2,3)10-31-37(20)12(36(18)19)38(21)33-15;;/h1,10-11H2,2-9H3;;/q-2;2*+1. The minimum Gasteiger partial charge on any atom is -0.457 e. The van der Waals surface area contributed by atoms with E-state index < -0.39 is 101 Å². The molecule has 0 aromatic rings. The first kappa shape index (κ1) is 60.2. The van der Waals surface area contributed by atoms with Crippen LogP contribution in [0.5, 0.6) is 0 Å². The molecule has 0 spiro atoms. The smallest absolute Gasteiger partial charge is 0.457 e. The van der Waals surface area contributed by atoms with E-state index in [1.54, 1.807) is 7.17 Å². The molecule has 206 valence electrons. The fourth-order valence-electron chi connectivity index (χ4n) is 7.83. The molecule has 0 amide bonds. The van der Waals surface area contributed by atoms with Gasteiger partial charge in [0.25, 0.3) is 0 Å². The van der Waals surface area contributed by atoms with Crippen LogP contribution in [0.3, 0.4) is 0 Å². The van der Waals surface area contributed by atoms with Gasteiger partial charge in [-0.3, -0.25) is 0 Å². The Kier molecular flexibility index (Phi) is 29.0. The van der Waals surface area contributed by atoms with Gasteiger partial charge >= 0.3 is 37.7 Å². The normalized spacial score (nSPS) is 14.0. The second kappa shape index (κ2) is 25.0. The van der Waals surface area contributed by atoms with E-state index in [4.69, 9.17) is 124 Å². The zero-order valence-electron chi connectivity index (χ0n) is 33.8. The van der Waals surface area contributed by atoms with Gasteiger partial charge in [0, 0.05) is 138 Å². The SMILES string of the molecule is [B][B]B([B])[C-](B([B])[B])B([B])[B]C[Si](C)(C)O[Si](C)(C)C(B([B])[B])(B([B])[B][B])B([B])[B]C[Si](C)(C)O[Si](C)(C)C(B([B])[B])(B([B])[B][B])B([B])[B][CH2-].[Li+].[Li+]. The van der Waals surface area contributed by atoms with Crippen molar-refractivity contribution >= 4 is 250 Å². The molecule has 2 atom stereocenters. The summed E-state index contributed by atoms with van der Waals surface area (Å²) in [5.74, 6) is 0.990. The molecule has 0 aliphatic rings. The maximum absolute atomic E-state index is 7.10. The summed E-state index contributed by atoms with van der Waals surface area (Å²) in [5.41, 5.74) is 0.504. The monoisotopic (exact) mass is 686 g/mol. The van der Waals surface area contributed by atoms with Gasteiger partial charge in [-0.25, -0.2) is 0 Å². The van der Waals surface area contributed by atoms with Crippen molar-refractivity contribution in [3.8, 4) is 0 Å². The quantitative estimate of drug-likeness (QED) is 0.0706. The van der Waals surface area contributed by atoms with Crippen molar-refractivity contribution in [1.29, 1.82) is 0 Å². The van der Waals surface area contributed by atoms with Crippen molar-refractivity contribution in [2.75, 3.05) is 0 Å². The number of hydrogen-bond acceptors (Lipinski definition) is 2. The van der Waals surface area contributed by atoms with Crippen molar-refractivity contribution in [2.45, 2.75) is 73.7 Å². The molecule has 2 nitrogen and oxygen atoms in total. The summed E-state index contributed by atoms with van der Waals surface area (Å²) < 4.78 is 11.9. The second-order valence-corrected chi connectivity index (χ2v) is 32.8.